The molecular weight excluding hydrogens is 355 g/mol. The van der Waals surface area contributed by atoms with Crippen molar-refractivity contribution < 1.29 is 26.4 Å². The maximum atomic E-state index is 12.6. The van der Waals surface area contributed by atoms with Crippen LogP contribution in [0.5, 0.6) is 0 Å². The number of carbonyl (C=O) groups is 1. The van der Waals surface area contributed by atoms with E-state index in [0.29, 0.717) is 11.3 Å². The largest absolute Gasteiger partial charge is 0.434 e. The van der Waals surface area contributed by atoms with Crippen LogP contribution in [-0.4, -0.2) is 19.3 Å². The number of amides is 1. The number of alkyl halides is 3. The van der Waals surface area contributed by atoms with E-state index < -0.39 is 32.7 Å². The van der Waals surface area contributed by atoms with Crippen molar-refractivity contribution in [1.82, 2.24) is 4.98 Å². The van der Waals surface area contributed by atoms with Gasteiger partial charge in [0.05, 0.1) is 11.3 Å². The van der Waals surface area contributed by atoms with Crippen molar-refractivity contribution in [3.8, 4) is 10.6 Å². The molecule has 1 aromatic heterocycles. The molecule has 0 aliphatic rings. The molecule has 11 heteroatoms. The molecule has 1 heterocycles. The van der Waals surface area contributed by atoms with E-state index in [4.69, 9.17) is 10.9 Å². The van der Waals surface area contributed by atoms with Crippen LogP contribution in [0.15, 0.2) is 28.5 Å². The number of aromatic nitrogens is 1. The first-order chi connectivity index (χ1) is 10.5. The predicted molar refractivity (Wildman–Crippen MR) is 76.8 cm³/mol. The van der Waals surface area contributed by atoms with E-state index in [0.717, 1.165) is 11.4 Å². The van der Waals surface area contributed by atoms with Gasteiger partial charge in [0.2, 0.25) is 15.9 Å². The molecule has 0 radical (unpaired) electrons. The van der Waals surface area contributed by atoms with E-state index in [2.05, 4.69) is 4.98 Å². The second-order valence-corrected chi connectivity index (χ2v) is 6.94. The number of primary amides is 1. The average molecular weight is 365 g/mol. The molecular formula is C12H10F3N3O3S2. The second-order valence-electron chi connectivity index (χ2n) is 4.55. The summed E-state index contributed by atoms with van der Waals surface area (Å²) in [4.78, 5) is 13.9. The molecule has 4 N–H and O–H groups in total. The van der Waals surface area contributed by atoms with Gasteiger partial charge in [-0.25, -0.2) is 18.5 Å². The van der Waals surface area contributed by atoms with E-state index in [1.807, 2.05) is 0 Å². The van der Waals surface area contributed by atoms with E-state index in [-0.39, 0.29) is 22.6 Å². The zero-order valence-corrected chi connectivity index (χ0v) is 12.9. The molecule has 0 aliphatic heterocycles. The lowest BCUT2D eigenvalue weighted by atomic mass is 10.1. The molecule has 0 aliphatic carbocycles. The van der Waals surface area contributed by atoms with Crippen LogP contribution in [0.4, 0.5) is 13.2 Å². The molecule has 0 atom stereocenters. The van der Waals surface area contributed by atoms with Crippen molar-refractivity contribution in [2.75, 3.05) is 0 Å². The van der Waals surface area contributed by atoms with Gasteiger partial charge in [-0.15, -0.1) is 11.3 Å². The van der Waals surface area contributed by atoms with Gasteiger partial charge in [-0.1, -0.05) is 12.1 Å². The first-order valence-corrected chi connectivity index (χ1v) is 8.38. The first kappa shape index (κ1) is 17.4. The van der Waals surface area contributed by atoms with Crippen molar-refractivity contribution in [2.24, 2.45) is 10.9 Å². The molecule has 0 saturated carbocycles. The number of hydrogen-bond donors (Lipinski definition) is 2. The summed E-state index contributed by atoms with van der Waals surface area (Å²) in [7, 11) is -4.23. The summed E-state index contributed by atoms with van der Waals surface area (Å²) in [6.45, 7) is 0. The summed E-state index contributed by atoms with van der Waals surface area (Å²) in [5.74, 6) is -0.688. The lowest BCUT2D eigenvalue weighted by molar-refractivity contribution is -0.140. The molecule has 23 heavy (non-hydrogen) atoms. The van der Waals surface area contributed by atoms with Crippen molar-refractivity contribution in [3.05, 3.63) is 34.8 Å². The monoisotopic (exact) mass is 365 g/mol. The Morgan fingerprint density at radius 1 is 1.30 bits per heavy atom. The highest BCUT2D eigenvalue weighted by Crippen LogP contribution is 2.35. The number of primary sulfonamides is 1. The van der Waals surface area contributed by atoms with Crippen LogP contribution in [0.1, 0.15) is 11.3 Å². The molecule has 6 nitrogen and oxygen atoms in total. The smallest absolute Gasteiger partial charge is 0.369 e. The maximum Gasteiger partial charge on any atom is 0.434 e. The third-order valence-electron chi connectivity index (χ3n) is 2.76. The molecule has 1 aromatic carbocycles. The fraction of sp³-hybridized carbons (Fsp3) is 0.167. The summed E-state index contributed by atoms with van der Waals surface area (Å²) < 4.78 is 61.2. The van der Waals surface area contributed by atoms with Crippen LogP contribution < -0.4 is 10.9 Å². The Labute approximate surface area is 133 Å². The maximum absolute atomic E-state index is 12.6. The molecule has 2 rings (SSSR count). The van der Waals surface area contributed by atoms with Gasteiger partial charge in [0.15, 0.2) is 5.69 Å². The number of nitrogens with zero attached hydrogens (tertiary/aromatic N) is 1. The third-order valence-corrected chi connectivity index (χ3v) is 4.58. The van der Waals surface area contributed by atoms with Crippen LogP contribution in [0.2, 0.25) is 0 Å². The van der Waals surface area contributed by atoms with Gasteiger partial charge >= 0.3 is 6.18 Å². The van der Waals surface area contributed by atoms with E-state index >= 15 is 0 Å². The molecule has 0 unspecified atom stereocenters. The van der Waals surface area contributed by atoms with Crippen molar-refractivity contribution in [1.29, 1.82) is 0 Å². The zero-order chi connectivity index (χ0) is 17.4. The number of rotatable bonds is 4. The molecule has 0 bridgehead atoms. The summed E-state index contributed by atoms with van der Waals surface area (Å²) in [5.41, 5.74) is 4.11. The second kappa shape index (κ2) is 5.91. The average Bonchev–Trinajstić information content (AvgIpc) is 2.86. The minimum absolute atomic E-state index is 0.0683. The number of sulfonamides is 1. The highest BCUT2D eigenvalue weighted by atomic mass is 32.2. The van der Waals surface area contributed by atoms with E-state index in [1.54, 1.807) is 0 Å². The molecule has 1 amide bonds. The lowest BCUT2D eigenvalue weighted by Crippen LogP contribution is -2.16. The molecule has 2 aromatic rings. The first-order valence-electron chi connectivity index (χ1n) is 5.95. The SMILES string of the molecule is NC(=O)Cc1ccc(-c2nc(C(F)(F)F)cs2)c(S(N)(=O)=O)c1. The van der Waals surface area contributed by atoms with Gasteiger partial charge in [-0.05, 0) is 11.6 Å². The number of hydrogen-bond acceptors (Lipinski definition) is 5. The minimum atomic E-state index is -4.64. The fourth-order valence-corrected chi connectivity index (χ4v) is 3.53. The number of nitrogens with two attached hydrogens (primary N) is 2. The quantitative estimate of drug-likeness (QED) is 0.854. The molecule has 0 spiro atoms. The standard InChI is InChI=1S/C12H10F3N3O3S2/c13-12(14,15)9-5-22-11(18-9)7-2-1-6(4-10(16)19)3-8(7)23(17,20)21/h1-3,5H,4H2,(H2,16,19)(H2,17,20,21). The van der Waals surface area contributed by atoms with Gasteiger partial charge in [-0.3, -0.25) is 4.79 Å². The van der Waals surface area contributed by atoms with Gasteiger partial charge in [0.1, 0.15) is 5.01 Å². The number of benzene rings is 1. The highest BCUT2D eigenvalue weighted by Gasteiger charge is 2.34. The summed E-state index contributed by atoms with van der Waals surface area (Å²) in [6, 6.07) is 3.73. The van der Waals surface area contributed by atoms with Gasteiger partial charge < -0.3 is 5.73 Å². The molecule has 0 fully saturated rings. The lowest BCUT2D eigenvalue weighted by Gasteiger charge is -2.08. The predicted octanol–water partition coefficient (Wildman–Crippen LogP) is 1.50. The zero-order valence-electron chi connectivity index (χ0n) is 11.3. The van der Waals surface area contributed by atoms with Crippen molar-refractivity contribution in [2.45, 2.75) is 17.5 Å². The Morgan fingerprint density at radius 2 is 1.96 bits per heavy atom. The van der Waals surface area contributed by atoms with Crippen LogP contribution >= 0.6 is 11.3 Å². The van der Waals surface area contributed by atoms with Crippen LogP contribution in [0.25, 0.3) is 10.6 Å². The Balaban J connectivity index is 2.58. The Hall–Kier alpha value is -1.98. The normalized spacial score (nSPS) is 12.3. The summed E-state index contributed by atoms with van der Waals surface area (Å²) in [6.07, 6.45) is -4.86. The fourth-order valence-electron chi connectivity index (χ4n) is 1.82. The van der Waals surface area contributed by atoms with Crippen molar-refractivity contribution >= 4 is 27.3 Å². The van der Waals surface area contributed by atoms with E-state index in [9.17, 15) is 26.4 Å². The third kappa shape index (κ3) is 4.06. The highest BCUT2D eigenvalue weighted by molar-refractivity contribution is 7.89. The van der Waals surface area contributed by atoms with Gasteiger partial charge in [0, 0.05) is 10.9 Å². The summed E-state index contributed by atoms with van der Waals surface area (Å²) >= 11 is 0.637. The van der Waals surface area contributed by atoms with Crippen LogP contribution in [0, 0.1) is 0 Å². The molecule has 0 saturated heterocycles. The topological polar surface area (TPSA) is 116 Å². The Bertz CT molecular complexity index is 860. The van der Waals surface area contributed by atoms with E-state index in [1.165, 1.54) is 12.1 Å². The Morgan fingerprint density at radius 3 is 2.43 bits per heavy atom. The number of carbonyl (C=O) groups excluding carboxylic acids is 1. The number of thiazole rings is 1. The summed E-state index contributed by atoms with van der Waals surface area (Å²) in [5, 5.41) is 5.73. The van der Waals surface area contributed by atoms with Crippen LogP contribution in [0.3, 0.4) is 0 Å². The van der Waals surface area contributed by atoms with Crippen molar-refractivity contribution in [3.63, 3.8) is 0 Å². The van der Waals surface area contributed by atoms with Gasteiger partial charge in [0.25, 0.3) is 0 Å². The Kier molecular flexibility index (Phi) is 4.46. The minimum Gasteiger partial charge on any atom is -0.369 e. The van der Waals surface area contributed by atoms with Gasteiger partial charge in [-0.2, -0.15) is 13.2 Å². The number of halogens is 3. The van der Waals surface area contributed by atoms with Crippen LogP contribution in [-0.2, 0) is 27.4 Å². The molecule has 124 valence electrons.